The molecule has 7 heteroatoms. The molecule has 0 aliphatic rings. The van der Waals surface area contributed by atoms with Crippen LogP contribution in [0.15, 0.2) is 23.3 Å². The number of nitrogens with one attached hydrogen (secondary N) is 1. The maximum absolute atomic E-state index is 13.5. The molecule has 0 spiro atoms. The van der Waals surface area contributed by atoms with Gasteiger partial charge in [0.15, 0.2) is 0 Å². The van der Waals surface area contributed by atoms with Gasteiger partial charge in [-0.3, -0.25) is 0 Å². The summed E-state index contributed by atoms with van der Waals surface area (Å²) in [6, 6.07) is 4.45. The average molecular weight is 327 g/mol. The summed E-state index contributed by atoms with van der Waals surface area (Å²) in [5.41, 5.74) is 5.34. The molecule has 0 atom stereocenters. The average Bonchev–Trinajstić information content (AvgIpc) is 2.39. The molecule has 0 aliphatic carbocycles. The van der Waals surface area contributed by atoms with E-state index in [2.05, 4.69) is 20.5 Å². The van der Waals surface area contributed by atoms with Gasteiger partial charge in [0.1, 0.15) is 5.82 Å². The summed E-state index contributed by atoms with van der Waals surface area (Å²) >= 11 is 11.7. The van der Waals surface area contributed by atoms with Gasteiger partial charge >= 0.3 is 0 Å². The third-order valence-electron chi connectivity index (χ3n) is 2.71. The number of nitrogens with zero attached hydrogens (tertiary/aromatic N) is 3. The number of hydrogen-bond donors (Lipinski definition) is 1. The number of aryl methyl sites for hydroxylation is 2. The standard InChI is InChI=1S/C14H13Cl2FN4/c1-7-4-8(2)19-14(18-7)21-20-9(3)10-5-13(17)12(16)6-11(10)15/h4-6H,1-3H3,(H,18,19,21)/b20-9-. The van der Waals surface area contributed by atoms with Crippen molar-refractivity contribution in [2.45, 2.75) is 20.8 Å². The quantitative estimate of drug-likeness (QED) is 0.517. The van der Waals surface area contributed by atoms with Gasteiger partial charge in [-0.05, 0) is 39.0 Å². The summed E-state index contributed by atoms with van der Waals surface area (Å²) in [5, 5.41) is 4.42. The van der Waals surface area contributed by atoms with E-state index in [9.17, 15) is 4.39 Å². The Labute approximate surface area is 132 Å². The monoisotopic (exact) mass is 326 g/mol. The van der Waals surface area contributed by atoms with Crippen molar-refractivity contribution in [2.24, 2.45) is 5.10 Å². The van der Waals surface area contributed by atoms with Crippen molar-refractivity contribution in [1.82, 2.24) is 9.97 Å². The van der Waals surface area contributed by atoms with E-state index in [-0.39, 0.29) is 5.02 Å². The molecule has 0 bridgehead atoms. The van der Waals surface area contributed by atoms with E-state index in [4.69, 9.17) is 23.2 Å². The van der Waals surface area contributed by atoms with Crippen molar-refractivity contribution in [1.29, 1.82) is 0 Å². The lowest BCUT2D eigenvalue weighted by molar-refractivity contribution is 0.628. The molecule has 2 aromatic rings. The first-order valence-electron chi connectivity index (χ1n) is 6.14. The molecule has 110 valence electrons. The summed E-state index contributed by atoms with van der Waals surface area (Å²) < 4.78 is 13.5. The fourth-order valence-electron chi connectivity index (χ4n) is 1.77. The van der Waals surface area contributed by atoms with Gasteiger partial charge in [0.25, 0.3) is 0 Å². The Morgan fingerprint density at radius 2 is 1.71 bits per heavy atom. The molecule has 2 rings (SSSR count). The second-order valence-electron chi connectivity index (χ2n) is 4.53. The highest BCUT2D eigenvalue weighted by Gasteiger charge is 2.10. The molecule has 1 heterocycles. The summed E-state index contributed by atoms with van der Waals surface area (Å²) in [6.07, 6.45) is 0. The summed E-state index contributed by atoms with van der Waals surface area (Å²) in [7, 11) is 0. The van der Waals surface area contributed by atoms with Crippen molar-refractivity contribution in [2.75, 3.05) is 5.43 Å². The normalized spacial score (nSPS) is 11.6. The van der Waals surface area contributed by atoms with Crippen LogP contribution in [0.4, 0.5) is 10.3 Å². The highest BCUT2D eigenvalue weighted by atomic mass is 35.5. The van der Waals surface area contributed by atoms with Gasteiger partial charge in [-0.15, -0.1) is 0 Å². The van der Waals surface area contributed by atoms with Crippen LogP contribution in [0.3, 0.4) is 0 Å². The molecular formula is C14H13Cl2FN4. The molecule has 1 N–H and O–H groups in total. The van der Waals surface area contributed by atoms with E-state index in [1.807, 2.05) is 19.9 Å². The maximum atomic E-state index is 13.5. The first-order chi connectivity index (χ1) is 9.86. The lowest BCUT2D eigenvalue weighted by atomic mass is 10.1. The van der Waals surface area contributed by atoms with Crippen LogP contribution in [-0.2, 0) is 0 Å². The molecule has 0 amide bonds. The van der Waals surface area contributed by atoms with Gasteiger partial charge in [-0.1, -0.05) is 23.2 Å². The van der Waals surface area contributed by atoms with Crippen LogP contribution < -0.4 is 5.43 Å². The van der Waals surface area contributed by atoms with Crippen molar-refractivity contribution in [3.05, 3.63) is 51.0 Å². The van der Waals surface area contributed by atoms with Crippen LogP contribution >= 0.6 is 23.2 Å². The predicted molar refractivity (Wildman–Crippen MR) is 83.8 cm³/mol. The Hall–Kier alpha value is -1.72. The molecule has 0 saturated heterocycles. The molecule has 0 saturated carbocycles. The predicted octanol–water partition coefficient (Wildman–Crippen LogP) is 4.38. The van der Waals surface area contributed by atoms with E-state index >= 15 is 0 Å². The molecule has 21 heavy (non-hydrogen) atoms. The summed E-state index contributed by atoms with van der Waals surface area (Å²) in [4.78, 5) is 8.39. The van der Waals surface area contributed by atoms with Crippen LogP contribution in [0, 0.1) is 19.7 Å². The fourth-order valence-corrected chi connectivity index (χ4v) is 2.29. The van der Waals surface area contributed by atoms with Crippen molar-refractivity contribution in [3.8, 4) is 0 Å². The second-order valence-corrected chi connectivity index (χ2v) is 5.34. The third-order valence-corrected chi connectivity index (χ3v) is 3.31. The minimum absolute atomic E-state index is 0.0258. The van der Waals surface area contributed by atoms with Gasteiger partial charge in [-0.2, -0.15) is 5.10 Å². The van der Waals surface area contributed by atoms with Gasteiger partial charge in [-0.25, -0.2) is 19.8 Å². The van der Waals surface area contributed by atoms with Crippen LogP contribution in [0.5, 0.6) is 0 Å². The van der Waals surface area contributed by atoms with E-state index in [0.29, 0.717) is 22.2 Å². The van der Waals surface area contributed by atoms with Gasteiger partial charge < -0.3 is 0 Å². The zero-order valence-electron chi connectivity index (χ0n) is 11.7. The lowest BCUT2D eigenvalue weighted by Gasteiger charge is -2.07. The fraction of sp³-hybridized carbons (Fsp3) is 0.214. The van der Waals surface area contributed by atoms with Crippen LogP contribution in [0.25, 0.3) is 0 Å². The van der Waals surface area contributed by atoms with Gasteiger partial charge in [0, 0.05) is 17.0 Å². The van der Waals surface area contributed by atoms with Crippen LogP contribution in [0.2, 0.25) is 10.0 Å². The lowest BCUT2D eigenvalue weighted by Crippen LogP contribution is -2.04. The molecule has 0 fully saturated rings. The minimum Gasteiger partial charge on any atom is -0.245 e. The van der Waals surface area contributed by atoms with Crippen molar-refractivity contribution >= 4 is 34.9 Å². The zero-order valence-corrected chi connectivity index (χ0v) is 13.2. The number of halogens is 3. The first kappa shape index (κ1) is 15.7. The van der Waals surface area contributed by atoms with Crippen LogP contribution in [0.1, 0.15) is 23.9 Å². The molecule has 4 nitrogen and oxygen atoms in total. The van der Waals surface area contributed by atoms with E-state index in [1.54, 1.807) is 6.92 Å². The molecule has 0 radical (unpaired) electrons. The number of benzene rings is 1. The molecule has 0 aliphatic heterocycles. The second kappa shape index (κ2) is 6.37. The highest BCUT2D eigenvalue weighted by Crippen LogP contribution is 2.24. The molecule has 0 unspecified atom stereocenters. The van der Waals surface area contributed by atoms with E-state index in [1.165, 1.54) is 12.1 Å². The Kier molecular flexibility index (Phi) is 4.75. The van der Waals surface area contributed by atoms with Crippen molar-refractivity contribution < 1.29 is 4.39 Å². The smallest absolute Gasteiger partial charge is 0.243 e. The zero-order chi connectivity index (χ0) is 15.6. The highest BCUT2D eigenvalue weighted by molar-refractivity contribution is 6.37. The minimum atomic E-state index is -0.548. The number of anilines is 1. The molecule has 1 aromatic carbocycles. The number of rotatable bonds is 3. The number of hydrogen-bond acceptors (Lipinski definition) is 4. The van der Waals surface area contributed by atoms with Gasteiger partial charge in [0.2, 0.25) is 5.95 Å². The SMILES string of the molecule is C/C(=N/Nc1nc(C)cc(C)n1)c1cc(F)c(Cl)cc1Cl. The van der Waals surface area contributed by atoms with Gasteiger partial charge in [0.05, 0.1) is 15.8 Å². The Morgan fingerprint density at radius 1 is 1.10 bits per heavy atom. The summed E-state index contributed by atoms with van der Waals surface area (Å²) in [5.74, 6) is -0.175. The third kappa shape index (κ3) is 3.89. The summed E-state index contributed by atoms with van der Waals surface area (Å²) in [6.45, 7) is 5.42. The van der Waals surface area contributed by atoms with Crippen molar-refractivity contribution in [3.63, 3.8) is 0 Å². The maximum Gasteiger partial charge on any atom is 0.243 e. The molecule has 1 aromatic heterocycles. The largest absolute Gasteiger partial charge is 0.245 e. The van der Waals surface area contributed by atoms with Crippen LogP contribution in [-0.4, -0.2) is 15.7 Å². The Bertz CT molecular complexity index is 696. The topological polar surface area (TPSA) is 50.2 Å². The molecular weight excluding hydrogens is 314 g/mol. The first-order valence-corrected chi connectivity index (χ1v) is 6.90. The Morgan fingerprint density at radius 3 is 2.33 bits per heavy atom. The Balaban J connectivity index is 2.27. The van der Waals surface area contributed by atoms with E-state index < -0.39 is 5.82 Å². The number of hydrazone groups is 1. The number of aromatic nitrogens is 2. The van der Waals surface area contributed by atoms with E-state index in [0.717, 1.165) is 11.4 Å².